The Morgan fingerprint density at radius 2 is 2.00 bits per heavy atom. The number of hydrogen-bond acceptors (Lipinski definition) is 6. The van der Waals surface area contributed by atoms with Crippen molar-refractivity contribution in [3.63, 3.8) is 0 Å². The molecule has 0 amide bonds. The maximum Gasteiger partial charge on any atom is 0.270 e. The van der Waals surface area contributed by atoms with Gasteiger partial charge < -0.3 is 5.32 Å². The topological polar surface area (TPSA) is 119 Å². The lowest BCUT2D eigenvalue weighted by molar-refractivity contribution is -0.385. The molecule has 0 aliphatic carbocycles. The van der Waals surface area contributed by atoms with Crippen LogP contribution in [0.2, 0.25) is 0 Å². The monoisotopic (exact) mass is 367 g/mol. The van der Waals surface area contributed by atoms with Gasteiger partial charge in [0.05, 0.1) is 15.5 Å². The van der Waals surface area contributed by atoms with Gasteiger partial charge in [-0.25, -0.2) is 13.1 Å². The molecule has 2 N–H and O–H groups in total. The number of aryl methyl sites for hydroxylation is 2. The van der Waals surface area contributed by atoms with Gasteiger partial charge in [0.15, 0.2) is 0 Å². The molecule has 2 aromatic rings. The fourth-order valence-electron chi connectivity index (χ4n) is 2.41. The molecule has 0 saturated carbocycles. The van der Waals surface area contributed by atoms with Crippen LogP contribution in [0.3, 0.4) is 0 Å². The molecule has 9 nitrogen and oxygen atoms in total. The number of nitro benzene ring substituents is 1. The first-order valence-electron chi connectivity index (χ1n) is 7.66. The third-order valence-electron chi connectivity index (χ3n) is 3.89. The first kappa shape index (κ1) is 19.0. The van der Waals surface area contributed by atoms with Crippen molar-refractivity contribution in [3.05, 3.63) is 51.3 Å². The van der Waals surface area contributed by atoms with Gasteiger partial charge in [-0.05, 0) is 19.9 Å². The molecule has 10 heteroatoms. The van der Waals surface area contributed by atoms with E-state index in [4.69, 9.17) is 0 Å². The lowest BCUT2D eigenvalue weighted by Gasteiger charge is -2.08. The van der Waals surface area contributed by atoms with Gasteiger partial charge in [0.1, 0.15) is 0 Å². The fourth-order valence-corrected chi connectivity index (χ4v) is 3.48. The van der Waals surface area contributed by atoms with Crippen molar-refractivity contribution in [2.45, 2.75) is 25.3 Å². The molecule has 0 saturated heterocycles. The van der Waals surface area contributed by atoms with E-state index in [1.54, 1.807) is 4.68 Å². The Bertz CT molecular complexity index is 876. The normalized spacial score (nSPS) is 11.6. The maximum atomic E-state index is 12.2. The highest BCUT2D eigenvalue weighted by Gasteiger charge is 2.17. The average Bonchev–Trinajstić information content (AvgIpc) is 2.80. The molecule has 0 bridgehead atoms. The number of aromatic nitrogens is 2. The van der Waals surface area contributed by atoms with Gasteiger partial charge in [-0.2, -0.15) is 5.10 Å². The third-order valence-corrected chi connectivity index (χ3v) is 5.35. The molecule has 1 aromatic heterocycles. The molecule has 0 aliphatic rings. The van der Waals surface area contributed by atoms with Crippen molar-refractivity contribution in [2.75, 3.05) is 13.1 Å². The molecule has 25 heavy (non-hydrogen) atoms. The van der Waals surface area contributed by atoms with Crippen LogP contribution in [0.1, 0.15) is 17.0 Å². The van der Waals surface area contributed by atoms with Crippen molar-refractivity contribution < 1.29 is 13.3 Å². The lowest BCUT2D eigenvalue weighted by Crippen LogP contribution is -2.31. The van der Waals surface area contributed by atoms with Gasteiger partial charge in [-0.3, -0.25) is 14.8 Å². The minimum absolute atomic E-state index is 0.124. The van der Waals surface area contributed by atoms with Crippen LogP contribution in [0.15, 0.2) is 29.2 Å². The molecular weight excluding hydrogens is 346 g/mol. The van der Waals surface area contributed by atoms with E-state index in [0.717, 1.165) is 23.0 Å². The second-order valence-corrected chi connectivity index (χ2v) is 7.37. The van der Waals surface area contributed by atoms with Gasteiger partial charge >= 0.3 is 0 Å². The number of non-ortho nitro benzene ring substituents is 1. The van der Waals surface area contributed by atoms with Crippen molar-refractivity contribution in [2.24, 2.45) is 7.05 Å². The fraction of sp³-hybridized carbons (Fsp3) is 0.400. The zero-order valence-corrected chi connectivity index (χ0v) is 15.1. The van der Waals surface area contributed by atoms with E-state index in [1.165, 1.54) is 18.2 Å². The van der Waals surface area contributed by atoms with Gasteiger partial charge in [-0.1, -0.05) is 6.07 Å². The van der Waals surface area contributed by atoms with Crippen LogP contribution in [0.4, 0.5) is 5.69 Å². The Morgan fingerprint density at radius 1 is 1.28 bits per heavy atom. The van der Waals surface area contributed by atoms with Crippen molar-refractivity contribution >= 4 is 15.7 Å². The van der Waals surface area contributed by atoms with Crippen LogP contribution >= 0.6 is 0 Å². The third kappa shape index (κ3) is 4.62. The molecule has 2 rings (SSSR count). The smallest absolute Gasteiger partial charge is 0.270 e. The zero-order valence-electron chi connectivity index (χ0n) is 14.3. The Hall–Kier alpha value is -2.30. The molecule has 0 atom stereocenters. The summed E-state index contributed by atoms with van der Waals surface area (Å²) in [4.78, 5) is 9.99. The highest BCUT2D eigenvalue weighted by Crippen LogP contribution is 2.17. The summed E-state index contributed by atoms with van der Waals surface area (Å²) in [6.45, 7) is 5.08. The van der Waals surface area contributed by atoms with E-state index in [2.05, 4.69) is 15.1 Å². The molecular formula is C15H21N5O4S. The molecule has 136 valence electrons. The molecule has 0 spiro atoms. The largest absolute Gasteiger partial charge is 0.311 e. The lowest BCUT2D eigenvalue weighted by atomic mass is 10.2. The highest BCUT2D eigenvalue weighted by molar-refractivity contribution is 7.89. The average molecular weight is 367 g/mol. The van der Waals surface area contributed by atoms with Crippen LogP contribution in [-0.2, 0) is 23.6 Å². The molecule has 0 radical (unpaired) electrons. The van der Waals surface area contributed by atoms with E-state index in [0.29, 0.717) is 13.1 Å². The summed E-state index contributed by atoms with van der Waals surface area (Å²) < 4.78 is 28.6. The van der Waals surface area contributed by atoms with E-state index in [1.807, 2.05) is 20.9 Å². The van der Waals surface area contributed by atoms with Crippen molar-refractivity contribution in [3.8, 4) is 0 Å². The van der Waals surface area contributed by atoms with Crippen LogP contribution in [0.25, 0.3) is 0 Å². The minimum Gasteiger partial charge on any atom is -0.311 e. The summed E-state index contributed by atoms with van der Waals surface area (Å²) in [7, 11) is -1.91. The van der Waals surface area contributed by atoms with Crippen LogP contribution in [0.5, 0.6) is 0 Å². The number of rotatable bonds is 8. The first-order chi connectivity index (χ1) is 11.7. The number of nitrogens with one attached hydrogen (secondary N) is 2. The van der Waals surface area contributed by atoms with Crippen LogP contribution in [0, 0.1) is 24.0 Å². The van der Waals surface area contributed by atoms with Gasteiger partial charge in [0.25, 0.3) is 5.69 Å². The van der Waals surface area contributed by atoms with E-state index in [9.17, 15) is 18.5 Å². The number of sulfonamides is 1. The molecule has 0 unspecified atom stereocenters. The van der Waals surface area contributed by atoms with Crippen LogP contribution < -0.4 is 10.0 Å². The minimum atomic E-state index is -3.78. The van der Waals surface area contributed by atoms with Gasteiger partial charge in [0.2, 0.25) is 10.0 Å². The SMILES string of the molecule is Cc1nn(C)c(C)c1CNCCNS(=O)(=O)c1cccc([N+](=O)[O-])c1. The molecule has 1 heterocycles. The number of hydrogen-bond donors (Lipinski definition) is 2. The molecule has 1 aromatic carbocycles. The Morgan fingerprint density at radius 3 is 2.60 bits per heavy atom. The van der Waals surface area contributed by atoms with Crippen molar-refractivity contribution in [1.82, 2.24) is 19.8 Å². The Labute approximate surface area is 146 Å². The predicted molar refractivity (Wildman–Crippen MR) is 92.7 cm³/mol. The molecule has 0 fully saturated rings. The summed E-state index contributed by atoms with van der Waals surface area (Å²) >= 11 is 0. The second kappa shape index (κ2) is 7.72. The van der Waals surface area contributed by atoms with Gasteiger partial charge in [-0.15, -0.1) is 0 Å². The zero-order chi connectivity index (χ0) is 18.6. The number of nitrogens with zero attached hydrogens (tertiary/aromatic N) is 3. The van der Waals surface area contributed by atoms with Crippen molar-refractivity contribution in [1.29, 1.82) is 0 Å². The van der Waals surface area contributed by atoms with E-state index < -0.39 is 14.9 Å². The van der Waals surface area contributed by atoms with E-state index >= 15 is 0 Å². The summed E-state index contributed by atoms with van der Waals surface area (Å²) in [5.41, 5.74) is 2.82. The maximum absolute atomic E-state index is 12.2. The Balaban J connectivity index is 1.88. The summed E-state index contributed by atoms with van der Waals surface area (Å²) in [5, 5.41) is 18.2. The first-order valence-corrected chi connectivity index (χ1v) is 9.14. The van der Waals surface area contributed by atoms with Gasteiger partial charge in [0, 0.05) is 50.1 Å². The summed E-state index contributed by atoms with van der Waals surface area (Å²) in [6.07, 6.45) is 0. The summed E-state index contributed by atoms with van der Waals surface area (Å²) in [5.74, 6) is 0. The highest BCUT2D eigenvalue weighted by atomic mass is 32.2. The molecule has 0 aliphatic heterocycles. The predicted octanol–water partition coefficient (Wildman–Crippen LogP) is 1.01. The summed E-state index contributed by atoms with van der Waals surface area (Å²) in [6, 6.07) is 4.96. The Kier molecular flexibility index (Phi) is 5.88. The number of benzene rings is 1. The van der Waals surface area contributed by atoms with E-state index in [-0.39, 0.29) is 17.1 Å². The number of nitro groups is 1. The standard InChI is InChI=1S/C15H21N5O4S/c1-11-15(12(2)19(3)18-11)10-16-7-8-17-25(23,24)14-6-4-5-13(9-14)20(21)22/h4-6,9,16-17H,7-8,10H2,1-3H3. The quantitative estimate of drug-likeness (QED) is 0.408. The van der Waals surface area contributed by atoms with Crippen LogP contribution in [-0.4, -0.2) is 36.2 Å². The second-order valence-electron chi connectivity index (χ2n) is 5.60.